The zero-order chi connectivity index (χ0) is 24.3. The topological polar surface area (TPSA) is 34.1 Å². The molecule has 2 heterocycles. The van der Waals surface area contributed by atoms with E-state index in [0.29, 0.717) is 0 Å². The van der Waals surface area contributed by atoms with Gasteiger partial charge in [-0.3, -0.25) is 0 Å². The summed E-state index contributed by atoms with van der Waals surface area (Å²) in [6.07, 6.45) is 5.40. The maximum absolute atomic E-state index is 6.53. The highest BCUT2D eigenvalue weighted by molar-refractivity contribution is 6.04. The highest BCUT2D eigenvalue weighted by Gasteiger charge is 2.40. The summed E-state index contributed by atoms with van der Waals surface area (Å²) >= 11 is 0. The highest BCUT2D eigenvalue weighted by atomic mass is 16.5. The Bertz CT molecular complexity index is 1380. The molecule has 2 atom stereocenters. The number of nitrogens with zero attached hydrogens (tertiary/aromatic N) is 2. The summed E-state index contributed by atoms with van der Waals surface area (Å²) in [7, 11) is 0. The minimum absolute atomic E-state index is 0.149. The van der Waals surface area contributed by atoms with Gasteiger partial charge in [-0.1, -0.05) is 80.8 Å². The number of benzene rings is 4. The van der Waals surface area contributed by atoms with Crippen molar-refractivity contribution in [2.45, 2.75) is 51.3 Å². The fourth-order valence-electron chi connectivity index (χ4n) is 5.25. The Kier molecular flexibility index (Phi) is 6.33. The van der Waals surface area contributed by atoms with E-state index in [1.165, 1.54) is 41.2 Å². The first-order valence-electron chi connectivity index (χ1n) is 13.1. The Labute approximate surface area is 213 Å². The first-order valence-corrected chi connectivity index (χ1v) is 13.1. The van der Waals surface area contributed by atoms with Gasteiger partial charge in [-0.15, -0.1) is 0 Å². The van der Waals surface area contributed by atoms with Crippen LogP contribution in [0.2, 0.25) is 0 Å². The number of unbranched alkanes of at least 4 members (excludes halogenated alkanes) is 3. The van der Waals surface area contributed by atoms with E-state index in [2.05, 4.69) is 96.9 Å². The number of fused-ring (bicyclic) bond motifs is 4. The number of hydrogen-bond donors (Lipinski definition) is 0. The van der Waals surface area contributed by atoms with Gasteiger partial charge in [-0.2, -0.15) is 5.10 Å². The van der Waals surface area contributed by atoms with Gasteiger partial charge in [0.05, 0.1) is 18.4 Å². The Morgan fingerprint density at radius 1 is 0.861 bits per heavy atom. The van der Waals surface area contributed by atoms with Gasteiger partial charge in [0.2, 0.25) is 6.23 Å². The third kappa shape index (κ3) is 4.44. The molecule has 0 fully saturated rings. The van der Waals surface area contributed by atoms with Gasteiger partial charge in [0.15, 0.2) is 0 Å². The van der Waals surface area contributed by atoms with E-state index in [1.54, 1.807) is 0 Å². The molecule has 4 heteroatoms. The summed E-state index contributed by atoms with van der Waals surface area (Å²) in [6.45, 7) is 2.99. The number of rotatable bonds is 8. The van der Waals surface area contributed by atoms with Crippen LogP contribution in [0.4, 0.5) is 0 Å². The second-order valence-corrected chi connectivity index (χ2v) is 9.69. The van der Waals surface area contributed by atoms with Crippen LogP contribution in [0.25, 0.3) is 10.8 Å². The molecule has 182 valence electrons. The summed E-state index contributed by atoms with van der Waals surface area (Å²) in [5.41, 5.74) is 4.55. The van der Waals surface area contributed by atoms with Gasteiger partial charge in [-0.25, -0.2) is 5.01 Å². The van der Waals surface area contributed by atoms with Gasteiger partial charge in [0.1, 0.15) is 11.5 Å². The lowest BCUT2D eigenvalue weighted by atomic mass is 9.95. The summed E-state index contributed by atoms with van der Waals surface area (Å²) in [5, 5.41) is 9.77. The first-order chi connectivity index (χ1) is 17.8. The molecule has 6 rings (SSSR count). The van der Waals surface area contributed by atoms with E-state index in [9.17, 15) is 0 Å². The quantitative estimate of drug-likeness (QED) is 0.241. The Balaban J connectivity index is 1.27. The lowest BCUT2D eigenvalue weighted by Gasteiger charge is -2.38. The fraction of sp³-hybridized carbons (Fsp3) is 0.281. The largest absolute Gasteiger partial charge is 0.494 e. The van der Waals surface area contributed by atoms with Crippen LogP contribution in [0.3, 0.4) is 0 Å². The molecule has 36 heavy (non-hydrogen) atoms. The molecular weight excluding hydrogens is 444 g/mol. The molecule has 2 aliphatic heterocycles. The van der Waals surface area contributed by atoms with E-state index in [0.717, 1.165) is 42.2 Å². The Morgan fingerprint density at radius 3 is 2.53 bits per heavy atom. The van der Waals surface area contributed by atoms with Crippen molar-refractivity contribution >= 4 is 16.5 Å². The summed E-state index contributed by atoms with van der Waals surface area (Å²) in [4.78, 5) is 0. The molecule has 2 aliphatic rings. The third-order valence-corrected chi connectivity index (χ3v) is 7.21. The SMILES string of the molecule is CCCCCCOc1ccc([C@H]2Oc3ccccc3[C@H]3CC(c4ccc5ccccc5c4)=NN32)cc1. The van der Waals surface area contributed by atoms with Crippen LogP contribution in [0.15, 0.2) is 96.1 Å². The van der Waals surface area contributed by atoms with E-state index in [-0.39, 0.29) is 12.3 Å². The lowest BCUT2D eigenvalue weighted by molar-refractivity contribution is -0.0190. The molecule has 0 saturated heterocycles. The second-order valence-electron chi connectivity index (χ2n) is 9.69. The molecule has 0 aromatic heterocycles. The molecule has 0 saturated carbocycles. The molecule has 0 spiro atoms. The monoisotopic (exact) mass is 476 g/mol. The van der Waals surface area contributed by atoms with Crippen molar-refractivity contribution in [3.05, 3.63) is 108 Å². The van der Waals surface area contributed by atoms with Gasteiger partial charge < -0.3 is 9.47 Å². The molecule has 0 amide bonds. The van der Waals surface area contributed by atoms with Crippen molar-refractivity contribution in [3.63, 3.8) is 0 Å². The van der Waals surface area contributed by atoms with Crippen molar-refractivity contribution in [2.24, 2.45) is 5.10 Å². The predicted octanol–water partition coefficient (Wildman–Crippen LogP) is 8.04. The second kappa shape index (κ2) is 10.1. The first kappa shape index (κ1) is 22.7. The highest BCUT2D eigenvalue weighted by Crippen LogP contribution is 2.47. The fourth-order valence-corrected chi connectivity index (χ4v) is 5.25. The van der Waals surface area contributed by atoms with Gasteiger partial charge in [0.25, 0.3) is 0 Å². The lowest BCUT2D eigenvalue weighted by Crippen LogP contribution is -2.33. The molecule has 0 bridgehead atoms. The van der Waals surface area contributed by atoms with Crippen LogP contribution in [-0.2, 0) is 0 Å². The van der Waals surface area contributed by atoms with Crippen LogP contribution >= 0.6 is 0 Å². The number of hydrazone groups is 1. The van der Waals surface area contributed by atoms with E-state index in [1.807, 2.05) is 6.07 Å². The molecule has 4 aromatic rings. The number of para-hydroxylation sites is 1. The van der Waals surface area contributed by atoms with Crippen LogP contribution < -0.4 is 9.47 Å². The van der Waals surface area contributed by atoms with E-state index >= 15 is 0 Å². The Hall–Kier alpha value is -3.79. The van der Waals surface area contributed by atoms with Crippen LogP contribution in [0.5, 0.6) is 11.5 Å². The standard InChI is InChI=1S/C32H32N2O2/c1-2-3-4-9-20-35-27-18-16-24(17-19-27)32-34-30(28-12-7-8-13-31(28)36-32)22-29(33-34)26-15-14-23-10-5-6-11-25(23)21-26/h5-8,10-19,21,30,32H,2-4,9,20,22H2,1H3/t30-,32-/m1/s1. The van der Waals surface area contributed by atoms with E-state index < -0.39 is 0 Å². The normalized spacial score (nSPS) is 18.4. The minimum Gasteiger partial charge on any atom is -0.494 e. The maximum atomic E-state index is 6.53. The number of hydrogen-bond acceptors (Lipinski definition) is 4. The van der Waals surface area contributed by atoms with Crippen molar-refractivity contribution in [2.75, 3.05) is 6.61 Å². The van der Waals surface area contributed by atoms with Crippen molar-refractivity contribution in [1.82, 2.24) is 5.01 Å². The minimum atomic E-state index is -0.276. The van der Waals surface area contributed by atoms with Crippen molar-refractivity contribution < 1.29 is 9.47 Å². The predicted molar refractivity (Wildman–Crippen MR) is 146 cm³/mol. The molecule has 0 radical (unpaired) electrons. The smallest absolute Gasteiger partial charge is 0.213 e. The zero-order valence-corrected chi connectivity index (χ0v) is 20.8. The van der Waals surface area contributed by atoms with E-state index in [4.69, 9.17) is 14.6 Å². The van der Waals surface area contributed by atoms with Gasteiger partial charge in [0, 0.05) is 17.5 Å². The molecule has 4 nitrogen and oxygen atoms in total. The molecule has 0 unspecified atom stereocenters. The molecule has 0 aliphatic carbocycles. The summed E-state index contributed by atoms with van der Waals surface area (Å²) in [6, 6.07) is 32.0. The molecule has 0 N–H and O–H groups in total. The average molecular weight is 477 g/mol. The van der Waals surface area contributed by atoms with Crippen molar-refractivity contribution in [1.29, 1.82) is 0 Å². The summed E-state index contributed by atoms with van der Waals surface area (Å²) < 4.78 is 12.5. The third-order valence-electron chi connectivity index (χ3n) is 7.21. The van der Waals surface area contributed by atoms with Crippen LogP contribution in [0.1, 0.15) is 68.0 Å². The zero-order valence-electron chi connectivity index (χ0n) is 20.8. The van der Waals surface area contributed by atoms with Gasteiger partial charge >= 0.3 is 0 Å². The van der Waals surface area contributed by atoms with Crippen molar-refractivity contribution in [3.8, 4) is 11.5 Å². The average Bonchev–Trinajstić information content (AvgIpc) is 3.39. The van der Waals surface area contributed by atoms with Crippen LogP contribution in [0, 0.1) is 0 Å². The molecular formula is C32H32N2O2. The maximum Gasteiger partial charge on any atom is 0.213 e. The molecule has 4 aromatic carbocycles. The number of ether oxygens (including phenoxy) is 2. The van der Waals surface area contributed by atoms with Crippen LogP contribution in [-0.4, -0.2) is 17.3 Å². The Morgan fingerprint density at radius 2 is 1.67 bits per heavy atom. The summed E-state index contributed by atoms with van der Waals surface area (Å²) in [5.74, 6) is 1.85. The van der Waals surface area contributed by atoms with Gasteiger partial charge in [-0.05, 0) is 59.2 Å².